The van der Waals surface area contributed by atoms with Crippen molar-refractivity contribution in [1.82, 2.24) is 10.6 Å². The Morgan fingerprint density at radius 2 is 1.10 bits per heavy atom. The lowest BCUT2D eigenvalue weighted by Crippen LogP contribution is -2.44. The Kier molecular flexibility index (Phi) is 7.69. The summed E-state index contributed by atoms with van der Waals surface area (Å²) in [6.07, 6.45) is 5.05. The van der Waals surface area contributed by atoms with Gasteiger partial charge < -0.3 is 10.6 Å². The minimum absolute atomic E-state index is 0.190. The molecule has 0 saturated carbocycles. The molecular formula is C19H36N2. The first-order chi connectivity index (χ1) is 10.0. The maximum atomic E-state index is 3.70. The number of hydrogen-bond donors (Lipinski definition) is 2. The second kappa shape index (κ2) is 8.75. The van der Waals surface area contributed by atoms with Crippen molar-refractivity contribution >= 4 is 0 Å². The van der Waals surface area contributed by atoms with E-state index in [1.807, 2.05) is 0 Å². The SMILES string of the molecule is CCCCNCC1(CNCCCC)C(C)=C(C)C(C)=C1C. The third kappa shape index (κ3) is 4.20. The Morgan fingerprint density at radius 1 is 0.714 bits per heavy atom. The van der Waals surface area contributed by atoms with E-state index >= 15 is 0 Å². The highest BCUT2D eigenvalue weighted by molar-refractivity contribution is 5.51. The summed E-state index contributed by atoms with van der Waals surface area (Å²) in [4.78, 5) is 0. The lowest BCUT2D eigenvalue weighted by Gasteiger charge is -2.35. The highest BCUT2D eigenvalue weighted by atomic mass is 14.9. The lowest BCUT2D eigenvalue weighted by molar-refractivity contribution is 0.371. The lowest BCUT2D eigenvalue weighted by atomic mass is 9.77. The van der Waals surface area contributed by atoms with Gasteiger partial charge in [-0.05, 0) is 64.8 Å². The van der Waals surface area contributed by atoms with Crippen LogP contribution in [0.1, 0.15) is 67.2 Å². The Labute approximate surface area is 132 Å². The maximum absolute atomic E-state index is 3.70. The van der Waals surface area contributed by atoms with Crippen molar-refractivity contribution in [3.63, 3.8) is 0 Å². The zero-order valence-electron chi connectivity index (χ0n) is 15.2. The van der Waals surface area contributed by atoms with E-state index in [0.29, 0.717) is 0 Å². The highest BCUT2D eigenvalue weighted by Crippen LogP contribution is 2.45. The first kappa shape index (κ1) is 18.4. The minimum atomic E-state index is 0.190. The van der Waals surface area contributed by atoms with Crippen molar-refractivity contribution in [3.8, 4) is 0 Å². The van der Waals surface area contributed by atoms with E-state index in [-0.39, 0.29) is 5.41 Å². The molecule has 0 unspecified atom stereocenters. The molecule has 2 N–H and O–H groups in total. The average molecular weight is 293 g/mol. The van der Waals surface area contributed by atoms with Crippen molar-refractivity contribution < 1.29 is 0 Å². The predicted molar refractivity (Wildman–Crippen MR) is 94.7 cm³/mol. The van der Waals surface area contributed by atoms with Gasteiger partial charge in [0.15, 0.2) is 0 Å². The molecule has 0 aliphatic heterocycles. The van der Waals surface area contributed by atoms with Gasteiger partial charge in [-0.2, -0.15) is 0 Å². The largest absolute Gasteiger partial charge is 0.315 e. The second-order valence-corrected chi connectivity index (χ2v) is 6.64. The molecule has 1 rings (SSSR count). The monoisotopic (exact) mass is 292 g/mol. The quantitative estimate of drug-likeness (QED) is 0.582. The molecule has 1 aliphatic rings. The van der Waals surface area contributed by atoms with Crippen LogP contribution in [0.25, 0.3) is 0 Å². The minimum Gasteiger partial charge on any atom is -0.315 e. The van der Waals surface area contributed by atoms with Crippen molar-refractivity contribution in [2.24, 2.45) is 5.41 Å². The van der Waals surface area contributed by atoms with Gasteiger partial charge in [-0.25, -0.2) is 0 Å². The van der Waals surface area contributed by atoms with Gasteiger partial charge in [-0.3, -0.25) is 0 Å². The van der Waals surface area contributed by atoms with Crippen LogP contribution in [0.2, 0.25) is 0 Å². The number of unbranched alkanes of at least 4 members (excludes halogenated alkanes) is 2. The summed E-state index contributed by atoms with van der Waals surface area (Å²) in [5, 5.41) is 7.41. The van der Waals surface area contributed by atoms with E-state index in [4.69, 9.17) is 0 Å². The van der Waals surface area contributed by atoms with Crippen LogP contribution in [0.5, 0.6) is 0 Å². The molecule has 0 radical (unpaired) electrons. The third-order valence-corrected chi connectivity index (χ3v) is 5.39. The molecule has 0 atom stereocenters. The van der Waals surface area contributed by atoms with Crippen LogP contribution in [0.3, 0.4) is 0 Å². The van der Waals surface area contributed by atoms with E-state index in [1.54, 1.807) is 11.1 Å². The van der Waals surface area contributed by atoms with E-state index < -0.39 is 0 Å². The molecule has 0 aromatic heterocycles. The van der Waals surface area contributed by atoms with E-state index in [2.05, 4.69) is 52.2 Å². The van der Waals surface area contributed by atoms with E-state index in [9.17, 15) is 0 Å². The number of hydrogen-bond acceptors (Lipinski definition) is 2. The molecule has 2 nitrogen and oxygen atoms in total. The summed E-state index contributed by atoms with van der Waals surface area (Å²) in [7, 11) is 0. The Hall–Kier alpha value is -0.600. The maximum Gasteiger partial charge on any atom is 0.0376 e. The molecule has 0 spiro atoms. The Balaban J connectivity index is 2.80. The third-order valence-electron chi connectivity index (χ3n) is 5.39. The average Bonchev–Trinajstić information content (AvgIpc) is 2.64. The first-order valence-electron chi connectivity index (χ1n) is 8.79. The molecule has 0 aromatic carbocycles. The molecule has 2 heteroatoms. The van der Waals surface area contributed by atoms with Crippen molar-refractivity contribution in [1.29, 1.82) is 0 Å². The van der Waals surface area contributed by atoms with Gasteiger partial charge in [0.25, 0.3) is 0 Å². The molecule has 21 heavy (non-hydrogen) atoms. The molecule has 0 aromatic rings. The smallest absolute Gasteiger partial charge is 0.0376 e. The van der Waals surface area contributed by atoms with E-state index in [1.165, 1.54) is 36.8 Å². The van der Waals surface area contributed by atoms with Crippen molar-refractivity contribution in [2.75, 3.05) is 26.2 Å². The molecule has 0 heterocycles. The molecule has 0 fully saturated rings. The van der Waals surface area contributed by atoms with Crippen LogP contribution in [-0.4, -0.2) is 26.2 Å². The van der Waals surface area contributed by atoms with Crippen LogP contribution < -0.4 is 10.6 Å². The first-order valence-corrected chi connectivity index (χ1v) is 8.79. The zero-order chi connectivity index (χ0) is 15.9. The van der Waals surface area contributed by atoms with Crippen molar-refractivity contribution in [3.05, 3.63) is 22.3 Å². The molecule has 1 aliphatic carbocycles. The summed E-state index contributed by atoms with van der Waals surface area (Å²) in [5.74, 6) is 0. The summed E-state index contributed by atoms with van der Waals surface area (Å²) < 4.78 is 0. The van der Waals surface area contributed by atoms with Gasteiger partial charge in [0.1, 0.15) is 0 Å². The summed E-state index contributed by atoms with van der Waals surface area (Å²) >= 11 is 0. The van der Waals surface area contributed by atoms with Crippen LogP contribution in [0, 0.1) is 5.41 Å². The van der Waals surface area contributed by atoms with Gasteiger partial charge in [0.05, 0.1) is 0 Å². The van der Waals surface area contributed by atoms with Crippen LogP contribution >= 0.6 is 0 Å². The fraction of sp³-hybridized carbons (Fsp3) is 0.789. The molecular weight excluding hydrogens is 256 g/mol. The number of nitrogens with one attached hydrogen (secondary N) is 2. The number of allylic oxidation sites excluding steroid dienone is 2. The zero-order valence-corrected chi connectivity index (χ0v) is 15.2. The topological polar surface area (TPSA) is 24.1 Å². The fourth-order valence-electron chi connectivity index (χ4n) is 3.36. The van der Waals surface area contributed by atoms with Crippen LogP contribution in [0.15, 0.2) is 22.3 Å². The van der Waals surface area contributed by atoms with Crippen LogP contribution in [0.4, 0.5) is 0 Å². The van der Waals surface area contributed by atoms with Gasteiger partial charge in [-0.1, -0.05) is 37.8 Å². The van der Waals surface area contributed by atoms with Gasteiger partial charge in [0, 0.05) is 18.5 Å². The molecule has 0 saturated heterocycles. The molecule has 122 valence electrons. The second-order valence-electron chi connectivity index (χ2n) is 6.64. The fourth-order valence-corrected chi connectivity index (χ4v) is 3.36. The Morgan fingerprint density at radius 3 is 1.43 bits per heavy atom. The summed E-state index contributed by atoms with van der Waals surface area (Å²) in [5.41, 5.74) is 6.32. The van der Waals surface area contributed by atoms with Crippen molar-refractivity contribution in [2.45, 2.75) is 67.2 Å². The standard InChI is InChI=1S/C19H36N2/c1-7-9-11-20-13-19(14-21-12-10-8-2)17(5)15(3)16(4)18(19)6/h20-21H,7-14H2,1-6H3. The van der Waals surface area contributed by atoms with Gasteiger partial charge in [0.2, 0.25) is 0 Å². The highest BCUT2D eigenvalue weighted by Gasteiger charge is 2.39. The van der Waals surface area contributed by atoms with E-state index in [0.717, 1.165) is 26.2 Å². The van der Waals surface area contributed by atoms with Crippen LogP contribution in [-0.2, 0) is 0 Å². The number of rotatable bonds is 10. The molecule has 0 amide bonds. The van der Waals surface area contributed by atoms with Gasteiger partial charge in [-0.15, -0.1) is 0 Å². The Bertz CT molecular complexity index is 352. The van der Waals surface area contributed by atoms with Gasteiger partial charge >= 0.3 is 0 Å². The summed E-state index contributed by atoms with van der Waals surface area (Å²) in [6.45, 7) is 18.1. The normalized spacial score (nSPS) is 18.0. The predicted octanol–water partition coefficient (Wildman–Crippen LogP) is 4.44. The summed E-state index contributed by atoms with van der Waals surface area (Å²) in [6, 6.07) is 0. The molecule has 0 bridgehead atoms.